The highest BCUT2D eigenvalue weighted by atomic mass is 32.2. The Morgan fingerprint density at radius 1 is 1.42 bits per heavy atom. The molecule has 0 aliphatic heterocycles. The number of rotatable bonds is 4. The topological polar surface area (TPSA) is 98.8 Å². The summed E-state index contributed by atoms with van der Waals surface area (Å²) in [5.41, 5.74) is -0.0132. The van der Waals surface area contributed by atoms with E-state index in [0.29, 0.717) is 16.0 Å². The molecule has 0 saturated heterocycles. The molecule has 2 aromatic heterocycles. The average molecular weight is 280 g/mol. The number of nitrogens with one attached hydrogen (secondary N) is 1. The SMILES string of the molecule is CNc1cc([N+](=O)[O-])cc(Sc2nnc(C)n2C)n1. The van der Waals surface area contributed by atoms with Gasteiger partial charge in [-0.05, 0) is 18.7 Å². The van der Waals surface area contributed by atoms with E-state index in [9.17, 15) is 10.1 Å². The van der Waals surface area contributed by atoms with Gasteiger partial charge in [0.2, 0.25) is 0 Å². The molecule has 0 amide bonds. The van der Waals surface area contributed by atoms with Gasteiger partial charge in [0.05, 0.1) is 11.0 Å². The maximum atomic E-state index is 10.9. The van der Waals surface area contributed by atoms with Gasteiger partial charge >= 0.3 is 0 Å². The van der Waals surface area contributed by atoms with Crippen LogP contribution in [-0.4, -0.2) is 31.7 Å². The molecular weight excluding hydrogens is 268 g/mol. The van der Waals surface area contributed by atoms with E-state index >= 15 is 0 Å². The van der Waals surface area contributed by atoms with Crippen molar-refractivity contribution in [3.63, 3.8) is 0 Å². The molecule has 0 bridgehead atoms. The second kappa shape index (κ2) is 5.22. The molecule has 2 rings (SSSR count). The summed E-state index contributed by atoms with van der Waals surface area (Å²) in [6.45, 7) is 1.83. The lowest BCUT2D eigenvalue weighted by atomic mass is 10.4. The number of pyridine rings is 1. The van der Waals surface area contributed by atoms with Crippen LogP contribution in [0.15, 0.2) is 22.3 Å². The van der Waals surface area contributed by atoms with Crippen molar-refractivity contribution in [2.45, 2.75) is 17.1 Å². The van der Waals surface area contributed by atoms with Gasteiger partial charge in [0.15, 0.2) is 5.16 Å². The van der Waals surface area contributed by atoms with Crippen molar-refractivity contribution in [2.75, 3.05) is 12.4 Å². The lowest BCUT2D eigenvalue weighted by Crippen LogP contribution is -1.98. The Hall–Kier alpha value is -2.16. The molecule has 100 valence electrons. The Balaban J connectivity index is 2.36. The van der Waals surface area contributed by atoms with Crippen molar-refractivity contribution in [3.05, 3.63) is 28.1 Å². The first-order chi connectivity index (χ1) is 9.01. The molecule has 8 nitrogen and oxygen atoms in total. The third-order valence-corrected chi connectivity index (χ3v) is 3.46. The molecule has 19 heavy (non-hydrogen) atoms. The van der Waals surface area contributed by atoms with Crippen LogP contribution in [-0.2, 0) is 7.05 Å². The molecule has 0 aliphatic rings. The molecule has 0 saturated carbocycles. The Morgan fingerprint density at radius 3 is 2.68 bits per heavy atom. The van der Waals surface area contributed by atoms with Gasteiger partial charge in [-0.1, -0.05) is 0 Å². The maximum absolute atomic E-state index is 10.9. The van der Waals surface area contributed by atoms with Crippen LogP contribution in [0.3, 0.4) is 0 Å². The van der Waals surface area contributed by atoms with Gasteiger partial charge < -0.3 is 9.88 Å². The highest BCUT2D eigenvalue weighted by molar-refractivity contribution is 7.99. The number of aryl methyl sites for hydroxylation is 1. The second-order valence-corrected chi connectivity index (χ2v) is 4.73. The molecule has 0 unspecified atom stereocenters. The second-order valence-electron chi connectivity index (χ2n) is 3.75. The Kier molecular flexibility index (Phi) is 3.65. The van der Waals surface area contributed by atoms with Crippen LogP contribution in [0.1, 0.15) is 5.82 Å². The summed E-state index contributed by atoms with van der Waals surface area (Å²) in [5, 5.41) is 22.7. The first-order valence-electron chi connectivity index (χ1n) is 5.39. The van der Waals surface area contributed by atoms with Crippen LogP contribution in [0.2, 0.25) is 0 Å². The Bertz CT molecular complexity index is 626. The van der Waals surface area contributed by atoms with E-state index in [0.717, 1.165) is 5.82 Å². The van der Waals surface area contributed by atoms with E-state index in [-0.39, 0.29) is 5.69 Å². The van der Waals surface area contributed by atoms with E-state index in [1.165, 1.54) is 23.9 Å². The zero-order valence-electron chi connectivity index (χ0n) is 10.6. The van der Waals surface area contributed by atoms with Crippen molar-refractivity contribution in [3.8, 4) is 0 Å². The number of nitrogens with zero attached hydrogens (tertiary/aromatic N) is 5. The molecule has 9 heteroatoms. The zero-order valence-corrected chi connectivity index (χ0v) is 11.4. The monoisotopic (exact) mass is 280 g/mol. The third kappa shape index (κ3) is 2.81. The Labute approximate surface area is 113 Å². The lowest BCUT2D eigenvalue weighted by molar-refractivity contribution is -0.385. The maximum Gasteiger partial charge on any atom is 0.275 e. The summed E-state index contributed by atoms with van der Waals surface area (Å²) >= 11 is 1.23. The molecule has 0 aliphatic carbocycles. The predicted molar refractivity (Wildman–Crippen MR) is 70.3 cm³/mol. The third-order valence-electron chi connectivity index (χ3n) is 2.50. The molecule has 2 heterocycles. The van der Waals surface area contributed by atoms with E-state index in [2.05, 4.69) is 20.5 Å². The van der Waals surface area contributed by atoms with Gasteiger partial charge in [0.1, 0.15) is 16.7 Å². The predicted octanol–water partition coefficient (Wildman–Crippen LogP) is 1.62. The highest BCUT2D eigenvalue weighted by Crippen LogP contribution is 2.29. The zero-order chi connectivity index (χ0) is 14.0. The molecule has 0 spiro atoms. The van der Waals surface area contributed by atoms with Crippen molar-refractivity contribution in [1.82, 2.24) is 19.7 Å². The van der Waals surface area contributed by atoms with E-state index in [4.69, 9.17) is 0 Å². The summed E-state index contributed by atoms with van der Waals surface area (Å²) in [7, 11) is 3.49. The van der Waals surface area contributed by atoms with Gasteiger partial charge in [0.25, 0.3) is 5.69 Å². The normalized spacial score (nSPS) is 10.5. The van der Waals surface area contributed by atoms with Gasteiger partial charge in [-0.15, -0.1) is 10.2 Å². The standard InChI is InChI=1S/C10H12N6O2S/c1-6-13-14-10(15(6)3)19-9-5-7(16(17)18)4-8(11-2)12-9/h4-5H,1-3H3,(H,11,12). The van der Waals surface area contributed by atoms with Crippen LogP contribution >= 0.6 is 11.8 Å². The number of hydrogen-bond acceptors (Lipinski definition) is 7. The molecule has 1 N–H and O–H groups in total. The van der Waals surface area contributed by atoms with Crippen LogP contribution in [0.4, 0.5) is 11.5 Å². The van der Waals surface area contributed by atoms with Crippen molar-refractivity contribution in [2.24, 2.45) is 7.05 Å². The summed E-state index contributed by atoms with van der Waals surface area (Å²) in [4.78, 5) is 14.6. The van der Waals surface area contributed by atoms with Gasteiger partial charge in [-0.3, -0.25) is 10.1 Å². The van der Waals surface area contributed by atoms with Crippen LogP contribution < -0.4 is 5.32 Å². The molecule has 2 aromatic rings. The van der Waals surface area contributed by atoms with Crippen LogP contribution in [0.25, 0.3) is 0 Å². The van der Waals surface area contributed by atoms with Crippen LogP contribution in [0.5, 0.6) is 0 Å². The summed E-state index contributed by atoms with van der Waals surface area (Å²) in [6, 6.07) is 2.79. The molecule has 0 fully saturated rings. The van der Waals surface area contributed by atoms with Crippen molar-refractivity contribution < 1.29 is 4.92 Å². The lowest BCUT2D eigenvalue weighted by Gasteiger charge is -2.04. The number of hydrogen-bond donors (Lipinski definition) is 1. The first kappa shape index (κ1) is 13.3. The van der Waals surface area contributed by atoms with Gasteiger partial charge in [-0.25, -0.2) is 4.98 Å². The minimum Gasteiger partial charge on any atom is -0.373 e. The number of nitro groups is 1. The fraction of sp³-hybridized carbons (Fsp3) is 0.300. The minimum absolute atomic E-state index is 0.0132. The molecule has 0 atom stereocenters. The fourth-order valence-electron chi connectivity index (χ4n) is 1.35. The fourth-order valence-corrected chi connectivity index (χ4v) is 2.21. The average Bonchev–Trinajstić information content (AvgIpc) is 2.70. The number of anilines is 1. The number of aromatic nitrogens is 4. The van der Waals surface area contributed by atoms with E-state index in [1.807, 2.05) is 14.0 Å². The highest BCUT2D eigenvalue weighted by Gasteiger charge is 2.14. The first-order valence-corrected chi connectivity index (χ1v) is 6.21. The summed E-state index contributed by atoms with van der Waals surface area (Å²) < 4.78 is 1.80. The molecule has 0 aromatic carbocycles. The summed E-state index contributed by atoms with van der Waals surface area (Å²) in [6.07, 6.45) is 0. The van der Waals surface area contributed by atoms with Gasteiger partial charge in [-0.2, -0.15) is 0 Å². The van der Waals surface area contributed by atoms with Crippen molar-refractivity contribution in [1.29, 1.82) is 0 Å². The van der Waals surface area contributed by atoms with Crippen LogP contribution in [0, 0.1) is 17.0 Å². The van der Waals surface area contributed by atoms with E-state index < -0.39 is 4.92 Å². The molecule has 0 radical (unpaired) electrons. The Morgan fingerprint density at radius 2 is 2.16 bits per heavy atom. The van der Waals surface area contributed by atoms with E-state index in [1.54, 1.807) is 11.6 Å². The summed E-state index contributed by atoms with van der Waals surface area (Å²) in [5.74, 6) is 1.21. The smallest absolute Gasteiger partial charge is 0.275 e. The minimum atomic E-state index is -0.450. The van der Waals surface area contributed by atoms with Gasteiger partial charge in [0, 0.05) is 20.2 Å². The van der Waals surface area contributed by atoms with Crippen molar-refractivity contribution >= 4 is 23.3 Å². The molecular formula is C10H12N6O2S. The quantitative estimate of drug-likeness (QED) is 0.671. The largest absolute Gasteiger partial charge is 0.373 e.